The van der Waals surface area contributed by atoms with E-state index in [1.54, 1.807) is 0 Å². The van der Waals surface area contributed by atoms with E-state index in [1.807, 2.05) is 18.3 Å². The molecular weight excluding hydrogens is 387 g/mol. The Bertz CT molecular complexity index is 1150. The fourth-order valence-corrected chi connectivity index (χ4v) is 4.38. The Hall–Kier alpha value is -2.92. The van der Waals surface area contributed by atoms with Crippen LogP contribution in [0.5, 0.6) is 0 Å². The first-order valence-corrected chi connectivity index (χ1v) is 11.2. The van der Waals surface area contributed by atoms with E-state index in [0.29, 0.717) is 6.54 Å². The van der Waals surface area contributed by atoms with Crippen LogP contribution in [0.15, 0.2) is 60.8 Å². The highest BCUT2D eigenvalue weighted by molar-refractivity contribution is 6.11. The smallest absolute Gasteiger partial charge is 0.152 e. The largest absolute Gasteiger partial charge is 0.358 e. The molecule has 0 saturated carbocycles. The van der Waals surface area contributed by atoms with Crippen LogP contribution < -0.4 is 4.90 Å². The molecule has 2 aromatic heterocycles. The number of halogens is 1. The molecule has 2 aromatic carbocycles. The summed E-state index contributed by atoms with van der Waals surface area (Å²) < 4.78 is 15.8. The lowest BCUT2D eigenvalue weighted by molar-refractivity contribution is 0.301. The average molecular weight is 419 g/mol. The summed E-state index contributed by atoms with van der Waals surface area (Å²) >= 11 is 0. The third-order valence-corrected chi connectivity index (χ3v) is 6.14. The van der Waals surface area contributed by atoms with E-state index >= 15 is 0 Å². The SMILES string of the molecule is CCN(CC)CCCN(C)c1nccc2c3ccccc3n(Cc3ccc(F)cc3)c12. The van der Waals surface area contributed by atoms with E-state index in [1.165, 1.54) is 28.4 Å². The van der Waals surface area contributed by atoms with Gasteiger partial charge in [-0.1, -0.05) is 44.2 Å². The molecule has 5 heteroatoms. The summed E-state index contributed by atoms with van der Waals surface area (Å²) in [5, 5.41) is 2.43. The second-order valence-corrected chi connectivity index (χ2v) is 8.06. The lowest BCUT2D eigenvalue weighted by atomic mass is 10.2. The summed E-state index contributed by atoms with van der Waals surface area (Å²) in [6, 6.07) is 17.4. The van der Waals surface area contributed by atoms with Gasteiger partial charge in [0.25, 0.3) is 0 Å². The molecular formula is C26H31FN4. The van der Waals surface area contributed by atoms with Crippen LogP contribution >= 0.6 is 0 Å². The zero-order chi connectivity index (χ0) is 21.8. The molecule has 0 atom stereocenters. The number of fused-ring (bicyclic) bond motifs is 3. The van der Waals surface area contributed by atoms with Crippen molar-refractivity contribution in [1.29, 1.82) is 0 Å². The maximum atomic E-state index is 13.4. The predicted octanol–water partition coefficient (Wildman–Crippen LogP) is 5.55. The van der Waals surface area contributed by atoms with Crippen LogP contribution in [0.2, 0.25) is 0 Å². The van der Waals surface area contributed by atoms with Gasteiger partial charge in [0.05, 0.1) is 5.52 Å². The predicted molar refractivity (Wildman–Crippen MR) is 128 cm³/mol. The topological polar surface area (TPSA) is 24.3 Å². The molecule has 31 heavy (non-hydrogen) atoms. The van der Waals surface area contributed by atoms with E-state index in [4.69, 9.17) is 4.98 Å². The quantitative estimate of drug-likeness (QED) is 0.356. The number of benzene rings is 2. The molecule has 162 valence electrons. The molecule has 0 N–H and O–H groups in total. The number of aromatic nitrogens is 2. The minimum atomic E-state index is -0.207. The Morgan fingerprint density at radius 1 is 0.903 bits per heavy atom. The molecule has 4 nitrogen and oxygen atoms in total. The molecule has 0 aliphatic rings. The second-order valence-electron chi connectivity index (χ2n) is 8.06. The number of anilines is 1. The number of hydrogen-bond donors (Lipinski definition) is 0. The summed E-state index contributed by atoms with van der Waals surface area (Å²) in [6.07, 6.45) is 3.00. The van der Waals surface area contributed by atoms with Crippen LogP contribution in [0.25, 0.3) is 21.8 Å². The normalized spacial score (nSPS) is 11.6. The van der Waals surface area contributed by atoms with Gasteiger partial charge in [0.2, 0.25) is 0 Å². The third kappa shape index (κ3) is 4.42. The first kappa shape index (κ1) is 21.3. The maximum Gasteiger partial charge on any atom is 0.152 e. The summed E-state index contributed by atoms with van der Waals surface area (Å²) in [4.78, 5) is 9.51. The van der Waals surface area contributed by atoms with E-state index in [-0.39, 0.29) is 5.82 Å². The molecule has 4 rings (SSSR count). The van der Waals surface area contributed by atoms with Crippen LogP contribution in [0.3, 0.4) is 0 Å². The van der Waals surface area contributed by atoms with Crippen LogP contribution in [-0.2, 0) is 6.54 Å². The molecule has 0 aliphatic carbocycles. The highest BCUT2D eigenvalue weighted by Gasteiger charge is 2.17. The van der Waals surface area contributed by atoms with Crippen molar-refractivity contribution in [3.8, 4) is 0 Å². The van der Waals surface area contributed by atoms with Gasteiger partial charge in [-0.25, -0.2) is 9.37 Å². The Balaban J connectivity index is 1.73. The summed E-state index contributed by atoms with van der Waals surface area (Å²) in [6.45, 7) is 9.30. The molecule has 0 aliphatic heterocycles. The standard InChI is InChI=1S/C26H31FN4/c1-4-30(5-2)18-8-17-29(3)26-25-23(15-16-28-26)22-9-6-7-10-24(22)31(25)19-20-11-13-21(27)14-12-20/h6-7,9-16H,4-5,8,17-19H2,1-3H3. The molecule has 0 saturated heterocycles. The van der Waals surface area contributed by atoms with E-state index < -0.39 is 0 Å². The van der Waals surface area contributed by atoms with Gasteiger partial charge in [-0.2, -0.15) is 0 Å². The Kier molecular flexibility index (Phi) is 6.52. The second kappa shape index (κ2) is 9.48. The number of hydrogen-bond acceptors (Lipinski definition) is 3. The Morgan fingerprint density at radius 3 is 2.39 bits per heavy atom. The maximum absolute atomic E-state index is 13.4. The fraction of sp³-hybridized carbons (Fsp3) is 0.346. The first-order chi connectivity index (χ1) is 15.1. The van der Waals surface area contributed by atoms with Gasteiger partial charge < -0.3 is 14.4 Å². The minimum Gasteiger partial charge on any atom is -0.358 e. The molecule has 0 radical (unpaired) electrons. The van der Waals surface area contributed by atoms with Gasteiger partial charge in [0, 0.05) is 42.6 Å². The van der Waals surface area contributed by atoms with E-state index in [2.05, 4.69) is 65.6 Å². The van der Waals surface area contributed by atoms with Crippen LogP contribution in [0, 0.1) is 5.82 Å². The van der Waals surface area contributed by atoms with Crippen molar-refractivity contribution < 1.29 is 4.39 Å². The molecule has 2 heterocycles. The number of para-hydroxylation sites is 1. The van der Waals surface area contributed by atoms with Gasteiger partial charge in [0.15, 0.2) is 5.82 Å². The highest BCUT2D eigenvalue weighted by Crippen LogP contribution is 2.34. The molecule has 0 spiro atoms. The van der Waals surface area contributed by atoms with Crippen LogP contribution in [0.4, 0.5) is 10.2 Å². The van der Waals surface area contributed by atoms with Crippen molar-refractivity contribution in [3.63, 3.8) is 0 Å². The summed E-state index contributed by atoms with van der Waals surface area (Å²) in [7, 11) is 2.13. The third-order valence-electron chi connectivity index (χ3n) is 6.14. The lowest BCUT2D eigenvalue weighted by Crippen LogP contribution is -2.28. The van der Waals surface area contributed by atoms with Gasteiger partial charge in [-0.3, -0.25) is 0 Å². The number of pyridine rings is 1. The summed E-state index contributed by atoms with van der Waals surface area (Å²) in [5.41, 5.74) is 3.38. The highest BCUT2D eigenvalue weighted by atomic mass is 19.1. The minimum absolute atomic E-state index is 0.207. The Morgan fingerprint density at radius 2 is 1.65 bits per heavy atom. The zero-order valence-corrected chi connectivity index (χ0v) is 18.7. The van der Waals surface area contributed by atoms with Crippen molar-refractivity contribution in [2.75, 3.05) is 38.1 Å². The van der Waals surface area contributed by atoms with Gasteiger partial charge in [-0.15, -0.1) is 0 Å². The summed E-state index contributed by atoms with van der Waals surface area (Å²) in [5.74, 6) is 0.789. The molecule has 0 amide bonds. The fourth-order valence-electron chi connectivity index (χ4n) is 4.38. The van der Waals surface area contributed by atoms with Gasteiger partial charge >= 0.3 is 0 Å². The van der Waals surface area contributed by atoms with E-state index in [0.717, 1.165) is 49.5 Å². The Labute approximate surface area is 183 Å². The molecule has 0 unspecified atom stereocenters. The average Bonchev–Trinajstić information content (AvgIpc) is 3.12. The van der Waals surface area contributed by atoms with Crippen molar-refractivity contribution in [1.82, 2.24) is 14.5 Å². The van der Waals surface area contributed by atoms with Crippen LogP contribution in [-0.4, -0.2) is 47.7 Å². The van der Waals surface area contributed by atoms with E-state index in [9.17, 15) is 4.39 Å². The number of nitrogens with zero attached hydrogens (tertiary/aromatic N) is 4. The molecule has 4 aromatic rings. The van der Waals surface area contributed by atoms with Gasteiger partial charge in [-0.05, 0) is 55.9 Å². The van der Waals surface area contributed by atoms with Crippen molar-refractivity contribution in [2.45, 2.75) is 26.8 Å². The molecule has 0 fully saturated rings. The first-order valence-electron chi connectivity index (χ1n) is 11.2. The van der Waals surface area contributed by atoms with Crippen molar-refractivity contribution in [2.24, 2.45) is 0 Å². The molecule has 0 bridgehead atoms. The van der Waals surface area contributed by atoms with Crippen molar-refractivity contribution >= 4 is 27.6 Å². The monoisotopic (exact) mass is 418 g/mol. The van der Waals surface area contributed by atoms with Crippen LogP contribution in [0.1, 0.15) is 25.8 Å². The zero-order valence-electron chi connectivity index (χ0n) is 18.7. The lowest BCUT2D eigenvalue weighted by Gasteiger charge is -2.23. The van der Waals surface area contributed by atoms with Gasteiger partial charge in [0.1, 0.15) is 5.82 Å². The number of rotatable bonds is 9. The van der Waals surface area contributed by atoms with Crippen molar-refractivity contribution in [3.05, 3.63) is 72.2 Å².